The molecule has 0 aliphatic heterocycles. The van der Waals surface area contributed by atoms with Crippen molar-refractivity contribution in [3.63, 3.8) is 0 Å². The van der Waals surface area contributed by atoms with E-state index >= 15 is 0 Å². The molecular formula is C19H20FNO3. The highest BCUT2D eigenvalue weighted by Gasteiger charge is 2.10. The van der Waals surface area contributed by atoms with Gasteiger partial charge in [-0.25, -0.2) is 4.39 Å². The maximum Gasteiger partial charge on any atom is 0.246 e. The van der Waals surface area contributed by atoms with E-state index in [1.807, 2.05) is 30.3 Å². The molecule has 4 nitrogen and oxygen atoms in total. The number of hydrogen-bond acceptors (Lipinski definition) is 3. The van der Waals surface area contributed by atoms with Gasteiger partial charge >= 0.3 is 0 Å². The summed E-state index contributed by atoms with van der Waals surface area (Å²) in [7, 11) is 1.40. The van der Waals surface area contributed by atoms with Crippen molar-refractivity contribution in [2.45, 2.75) is 6.54 Å². The summed E-state index contributed by atoms with van der Waals surface area (Å²) in [5, 5.41) is 9.16. The van der Waals surface area contributed by atoms with Gasteiger partial charge in [-0.05, 0) is 29.3 Å². The summed E-state index contributed by atoms with van der Waals surface area (Å²) >= 11 is 0. The molecule has 0 saturated carbocycles. The van der Waals surface area contributed by atoms with Crippen molar-refractivity contribution >= 4 is 12.0 Å². The monoisotopic (exact) mass is 329 g/mol. The van der Waals surface area contributed by atoms with Gasteiger partial charge in [0.25, 0.3) is 0 Å². The van der Waals surface area contributed by atoms with Crippen LogP contribution in [0.25, 0.3) is 6.08 Å². The van der Waals surface area contributed by atoms with Gasteiger partial charge in [-0.1, -0.05) is 36.4 Å². The second kappa shape index (κ2) is 8.84. The third kappa shape index (κ3) is 4.93. The number of carbonyl (C=O) groups excluding carboxylic acids is 1. The lowest BCUT2D eigenvalue weighted by Gasteiger charge is -2.20. The molecule has 1 amide bonds. The Hall–Kier alpha value is -2.66. The first-order valence-electron chi connectivity index (χ1n) is 7.59. The maximum absolute atomic E-state index is 13.7. The van der Waals surface area contributed by atoms with Gasteiger partial charge in [0.1, 0.15) is 0 Å². The fraction of sp³-hybridized carbons (Fsp3) is 0.211. The molecule has 2 aromatic rings. The van der Waals surface area contributed by atoms with Gasteiger partial charge in [0, 0.05) is 19.2 Å². The number of carbonyl (C=O) groups is 1. The molecule has 0 aliphatic carbocycles. The van der Waals surface area contributed by atoms with Crippen LogP contribution >= 0.6 is 0 Å². The molecule has 0 unspecified atom stereocenters. The van der Waals surface area contributed by atoms with E-state index in [4.69, 9.17) is 9.84 Å². The van der Waals surface area contributed by atoms with E-state index < -0.39 is 5.82 Å². The van der Waals surface area contributed by atoms with Crippen molar-refractivity contribution in [3.8, 4) is 5.75 Å². The minimum atomic E-state index is -0.483. The molecule has 0 radical (unpaired) electrons. The molecule has 0 atom stereocenters. The number of rotatable bonds is 7. The Labute approximate surface area is 140 Å². The van der Waals surface area contributed by atoms with Crippen molar-refractivity contribution in [1.82, 2.24) is 4.90 Å². The van der Waals surface area contributed by atoms with E-state index in [1.165, 1.54) is 30.2 Å². The molecule has 0 bridgehead atoms. The quantitative estimate of drug-likeness (QED) is 0.795. The van der Waals surface area contributed by atoms with Crippen LogP contribution in [0.1, 0.15) is 11.1 Å². The Balaban J connectivity index is 2.08. The van der Waals surface area contributed by atoms with Gasteiger partial charge in [-0.3, -0.25) is 4.79 Å². The summed E-state index contributed by atoms with van der Waals surface area (Å²) in [6, 6.07) is 14.0. The van der Waals surface area contributed by atoms with Crippen molar-refractivity contribution in [1.29, 1.82) is 0 Å². The highest BCUT2D eigenvalue weighted by Crippen LogP contribution is 2.18. The normalized spacial score (nSPS) is 10.8. The van der Waals surface area contributed by atoms with Crippen LogP contribution in [0.4, 0.5) is 4.39 Å². The van der Waals surface area contributed by atoms with Crippen LogP contribution in [0.2, 0.25) is 0 Å². The van der Waals surface area contributed by atoms with E-state index in [1.54, 1.807) is 12.1 Å². The first-order valence-corrected chi connectivity index (χ1v) is 7.59. The Morgan fingerprint density at radius 3 is 2.62 bits per heavy atom. The number of aliphatic hydroxyl groups is 1. The predicted molar refractivity (Wildman–Crippen MR) is 90.9 cm³/mol. The number of hydrogen-bond donors (Lipinski definition) is 1. The average Bonchev–Trinajstić information content (AvgIpc) is 2.60. The zero-order chi connectivity index (χ0) is 17.4. The lowest BCUT2D eigenvalue weighted by molar-refractivity contribution is -0.127. The third-order valence-electron chi connectivity index (χ3n) is 3.49. The van der Waals surface area contributed by atoms with Crippen molar-refractivity contribution in [2.24, 2.45) is 0 Å². The highest BCUT2D eigenvalue weighted by molar-refractivity contribution is 5.91. The molecule has 0 saturated heterocycles. The SMILES string of the molecule is COc1ccc(/C=C/C(=O)N(CCO)Cc2ccccc2)cc1F. The summed E-state index contributed by atoms with van der Waals surface area (Å²) in [5.74, 6) is -0.572. The van der Waals surface area contributed by atoms with Crippen LogP contribution in [0.3, 0.4) is 0 Å². The van der Waals surface area contributed by atoms with E-state index in [2.05, 4.69) is 0 Å². The van der Waals surface area contributed by atoms with Crippen molar-refractivity contribution in [3.05, 3.63) is 71.6 Å². The Morgan fingerprint density at radius 2 is 2.00 bits per heavy atom. The van der Waals surface area contributed by atoms with Crippen LogP contribution in [0.5, 0.6) is 5.75 Å². The maximum atomic E-state index is 13.7. The summed E-state index contributed by atoms with van der Waals surface area (Å²) in [6.45, 7) is 0.514. The summed E-state index contributed by atoms with van der Waals surface area (Å²) in [6.07, 6.45) is 2.92. The summed E-state index contributed by atoms with van der Waals surface area (Å²) in [5.41, 5.74) is 1.54. The van der Waals surface area contributed by atoms with Crippen LogP contribution < -0.4 is 4.74 Å². The van der Waals surface area contributed by atoms with E-state index in [0.717, 1.165) is 5.56 Å². The molecule has 0 aliphatic rings. The number of ether oxygens (including phenoxy) is 1. The third-order valence-corrected chi connectivity index (χ3v) is 3.49. The number of methoxy groups -OCH3 is 1. The van der Waals surface area contributed by atoms with Gasteiger partial charge in [-0.2, -0.15) is 0 Å². The number of halogens is 1. The van der Waals surface area contributed by atoms with Crippen LogP contribution in [0, 0.1) is 5.82 Å². The number of benzene rings is 2. The van der Waals surface area contributed by atoms with Gasteiger partial charge in [0.2, 0.25) is 5.91 Å². The number of nitrogens with zero attached hydrogens (tertiary/aromatic N) is 1. The molecule has 2 aromatic carbocycles. The topological polar surface area (TPSA) is 49.8 Å². The summed E-state index contributed by atoms with van der Waals surface area (Å²) in [4.78, 5) is 13.9. The first kappa shape index (κ1) is 17.7. The Morgan fingerprint density at radius 1 is 1.25 bits per heavy atom. The minimum absolute atomic E-state index is 0.121. The largest absolute Gasteiger partial charge is 0.494 e. The lowest BCUT2D eigenvalue weighted by Crippen LogP contribution is -2.31. The average molecular weight is 329 g/mol. The van der Waals surface area contributed by atoms with Gasteiger partial charge in [0.15, 0.2) is 11.6 Å². The number of amides is 1. The fourth-order valence-electron chi connectivity index (χ4n) is 2.25. The van der Waals surface area contributed by atoms with Crippen molar-refractivity contribution < 1.29 is 19.0 Å². The Kier molecular flexibility index (Phi) is 6.51. The van der Waals surface area contributed by atoms with Crippen LogP contribution in [0.15, 0.2) is 54.6 Å². The highest BCUT2D eigenvalue weighted by atomic mass is 19.1. The predicted octanol–water partition coefficient (Wildman–Crippen LogP) is 2.87. The van der Waals surface area contributed by atoms with Gasteiger partial charge in [0.05, 0.1) is 13.7 Å². The number of aliphatic hydroxyl groups excluding tert-OH is 1. The standard InChI is InChI=1S/C19H20FNO3/c1-24-18-9-7-15(13-17(18)20)8-10-19(23)21(11-12-22)14-16-5-3-2-4-6-16/h2-10,13,22H,11-12,14H2,1H3/b10-8+. The molecule has 24 heavy (non-hydrogen) atoms. The molecule has 126 valence electrons. The minimum Gasteiger partial charge on any atom is -0.494 e. The van der Waals surface area contributed by atoms with Crippen LogP contribution in [-0.2, 0) is 11.3 Å². The molecule has 5 heteroatoms. The smallest absolute Gasteiger partial charge is 0.246 e. The van der Waals surface area contributed by atoms with Gasteiger partial charge < -0.3 is 14.7 Å². The molecule has 2 rings (SSSR count). The zero-order valence-corrected chi connectivity index (χ0v) is 13.5. The lowest BCUT2D eigenvalue weighted by atomic mass is 10.2. The second-order valence-corrected chi connectivity index (χ2v) is 5.20. The molecule has 0 spiro atoms. The molecular weight excluding hydrogens is 309 g/mol. The molecule has 0 heterocycles. The fourth-order valence-corrected chi connectivity index (χ4v) is 2.25. The van der Waals surface area contributed by atoms with Crippen molar-refractivity contribution in [2.75, 3.05) is 20.3 Å². The molecule has 1 N–H and O–H groups in total. The van der Waals surface area contributed by atoms with E-state index in [-0.39, 0.29) is 24.8 Å². The second-order valence-electron chi connectivity index (χ2n) is 5.20. The molecule has 0 aromatic heterocycles. The zero-order valence-electron chi connectivity index (χ0n) is 13.5. The Bertz CT molecular complexity index is 701. The first-order chi connectivity index (χ1) is 11.6. The molecule has 0 fully saturated rings. The van der Waals surface area contributed by atoms with Gasteiger partial charge in [-0.15, -0.1) is 0 Å². The van der Waals surface area contributed by atoms with E-state index in [0.29, 0.717) is 12.1 Å². The van der Waals surface area contributed by atoms with E-state index in [9.17, 15) is 9.18 Å². The van der Waals surface area contributed by atoms with Crippen LogP contribution in [-0.4, -0.2) is 36.2 Å². The summed E-state index contributed by atoms with van der Waals surface area (Å²) < 4.78 is 18.5.